The lowest BCUT2D eigenvalue weighted by atomic mass is 9.94. The third-order valence-corrected chi connectivity index (χ3v) is 8.99. The molecule has 0 heterocycles. The molecule has 0 spiro atoms. The summed E-state index contributed by atoms with van der Waals surface area (Å²) in [7, 11) is 0. The molecule has 0 rings (SSSR count). The second-order valence-electron chi connectivity index (χ2n) is 13.4. The summed E-state index contributed by atoms with van der Waals surface area (Å²) in [5, 5.41) is 0. The number of esters is 1. The van der Waals surface area contributed by atoms with Crippen molar-refractivity contribution < 1.29 is 9.53 Å². The summed E-state index contributed by atoms with van der Waals surface area (Å²) in [5.74, 6) is 0.608. The molecule has 2 heteroatoms. The quantitative estimate of drug-likeness (QED) is 0.0410. The number of ether oxygens (including phenoxy) is 1. The molecule has 0 aliphatic carbocycles. The number of unbranched alkanes of at least 4 members (excludes halogenated alkanes) is 23. The summed E-state index contributed by atoms with van der Waals surface area (Å²) in [4.78, 5) is 12.5. The van der Waals surface area contributed by atoms with Crippen LogP contribution in [0.2, 0.25) is 0 Å². The fourth-order valence-electron chi connectivity index (χ4n) is 5.99. The lowest BCUT2D eigenvalue weighted by Gasteiger charge is -2.17. The summed E-state index contributed by atoms with van der Waals surface area (Å²) in [6, 6.07) is 0. The molecule has 0 aliphatic heterocycles. The lowest BCUT2D eigenvalue weighted by Crippen LogP contribution is -2.14. The lowest BCUT2D eigenvalue weighted by molar-refractivity contribution is -0.145. The van der Waals surface area contributed by atoms with E-state index in [4.69, 9.17) is 4.74 Å². The van der Waals surface area contributed by atoms with Crippen LogP contribution < -0.4 is 0 Å². The normalized spacial score (nSPS) is 12.5. The summed E-state index contributed by atoms with van der Waals surface area (Å²) in [6.45, 7) is 7.50. The highest BCUT2D eigenvalue weighted by Crippen LogP contribution is 2.21. The van der Waals surface area contributed by atoms with Gasteiger partial charge in [0, 0.05) is 6.42 Å². The Hall–Kier alpha value is -1.05. The van der Waals surface area contributed by atoms with E-state index < -0.39 is 0 Å². The highest BCUT2D eigenvalue weighted by Gasteiger charge is 2.12. The molecule has 0 aromatic rings. The van der Waals surface area contributed by atoms with Gasteiger partial charge < -0.3 is 4.74 Å². The van der Waals surface area contributed by atoms with E-state index in [-0.39, 0.29) is 5.97 Å². The van der Waals surface area contributed by atoms with Crippen LogP contribution in [0.5, 0.6) is 0 Å². The minimum absolute atomic E-state index is 0.0404. The molecule has 0 saturated heterocycles. The Morgan fingerprint density at radius 2 is 0.837 bits per heavy atom. The molecule has 0 radical (unpaired) electrons. The van der Waals surface area contributed by atoms with Crippen LogP contribution >= 0.6 is 0 Å². The molecular formula is C41H78O2. The Labute approximate surface area is 271 Å². The van der Waals surface area contributed by atoms with Gasteiger partial charge in [-0.3, -0.25) is 4.79 Å². The molecule has 0 aliphatic rings. The molecule has 0 saturated carbocycles. The van der Waals surface area contributed by atoms with Crippen molar-refractivity contribution in [1.82, 2.24) is 0 Å². The minimum atomic E-state index is 0.0404. The van der Waals surface area contributed by atoms with Crippen molar-refractivity contribution in [3.05, 3.63) is 24.3 Å². The third kappa shape index (κ3) is 35.3. The topological polar surface area (TPSA) is 26.3 Å². The van der Waals surface area contributed by atoms with Crippen LogP contribution in [-0.4, -0.2) is 12.6 Å². The van der Waals surface area contributed by atoms with Gasteiger partial charge in [0.25, 0.3) is 0 Å². The second kappa shape index (κ2) is 37.1. The van der Waals surface area contributed by atoms with Gasteiger partial charge in [0.2, 0.25) is 0 Å². The molecular weight excluding hydrogens is 524 g/mol. The molecule has 2 nitrogen and oxygen atoms in total. The molecule has 0 aromatic heterocycles. The highest BCUT2D eigenvalue weighted by molar-refractivity contribution is 5.69. The van der Waals surface area contributed by atoms with Crippen molar-refractivity contribution in [2.45, 2.75) is 220 Å². The first-order valence-corrected chi connectivity index (χ1v) is 19.7. The van der Waals surface area contributed by atoms with Crippen molar-refractivity contribution >= 4 is 5.97 Å². The van der Waals surface area contributed by atoms with E-state index in [2.05, 4.69) is 45.1 Å². The first kappa shape index (κ1) is 42.0. The van der Waals surface area contributed by atoms with Crippen LogP contribution in [0.15, 0.2) is 24.3 Å². The Kier molecular flexibility index (Phi) is 36.2. The van der Waals surface area contributed by atoms with Crippen molar-refractivity contribution in [3.63, 3.8) is 0 Å². The zero-order chi connectivity index (χ0) is 31.3. The minimum Gasteiger partial charge on any atom is -0.465 e. The largest absolute Gasteiger partial charge is 0.465 e. The number of hydrogen-bond donors (Lipinski definition) is 0. The number of allylic oxidation sites excluding steroid dienone is 4. The van der Waals surface area contributed by atoms with Crippen LogP contribution in [-0.2, 0) is 9.53 Å². The molecule has 43 heavy (non-hydrogen) atoms. The molecule has 0 fully saturated rings. The summed E-state index contributed by atoms with van der Waals surface area (Å²) in [6.07, 6.45) is 49.1. The van der Waals surface area contributed by atoms with Gasteiger partial charge in [0.05, 0.1) is 6.61 Å². The van der Waals surface area contributed by atoms with Crippen LogP contribution in [0.3, 0.4) is 0 Å². The zero-order valence-corrected chi connectivity index (χ0v) is 29.8. The van der Waals surface area contributed by atoms with E-state index in [1.165, 1.54) is 173 Å². The molecule has 0 N–H and O–H groups in total. The average Bonchev–Trinajstić information content (AvgIpc) is 3.01. The van der Waals surface area contributed by atoms with Gasteiger partial charge in [-0.05, 0) is 57.3 Å². The molecule has 1 atom stereocenters. The molecule has 254 valence electrons. The average molecular weight is 603 g/mol. The number of rotatable bonds is 35. The van der Waals surface area contributed by atoms with Crippen LogP contribution in [0, 0.1) is 5.92 Å². The first-order valence-electron chi connectivity index (χ1n) is 19.7. The molecule has 1 unspecified atom stereocenters. The van der Waals surface area contributed by atoms with E-state index in [0.717, 1.165) is 19.3 Å². The fourth-order valence-corrected chi connectivity index (χ4v) is 5.99. The maximum Gasteiger partial charge on any atom is 0.305 e. The van der Waals surface area contributed by atoms with E-state index in [0.29, 0.717) is 18.9 Å². The Morgan fingerprint density at radius 1 is 0.465 bits per heavy atom. The number of carbonyl (C=O) groups excluding carboxylic acids is 1. The Morgan fingerprint density at radius 3 is 1.33 bits per heavy atom. The highest BCUT2D eigenvalue weighted by atomic mass is 16.5. The van der Waals surface area contributed by atoms with Gasteiger partial charge in [-0.2, -0.15) is 0 Å². The SMILES string of the molecule is CCCCC/C=C\C/C=C\CCCCCCCC(=O)OCC(CCCCCCCCCC)CCCCCCCCCCC. The first-order chi connectivity index (χ1) is 21.2. The van der Waals surface area contributed by atoms with Crippen molar-refractivity contribution in [1.29, 1.82) is 0 Å². The van der Waals surface area contributed by atoms with Crippen LogP contribution in [0.4, 0.5) is 0 Å². The predicted molar refractivity (Wildman–Crippen MR) is 193 cm³/mol. The zero-order valence-electron chi connectivity index (χ0n) is 29.8. The monoisotopic (exact) mass is 603 g/mol. The molecule has 0 amide bonds. The van der Waals surface area contributed by atoms with E-state index >= 15 is 0 Å². The van der Waals surface area contributed by atoms with Gasteiger partial charge in [0.15, 0.2) is 0 Å². The van der Waals surface area contributed by atoms with Gasteiger partial charge in [0.1, 0.15) is 0 Å². The molecule has 0 aromatic carbocycles. The van der Waals surface area contributed by atoms with Crippen molar-refractivity contribution in [3.8, 4) is 0 Å². The summed E-state index contributed by atoms with van der Waals surface area (Å²) >= 11 is 0. The van der Waals surface area contributed by atoms with Gasteiger partial charge in [-0.1, -0.05) is 186 Å². The van der Waals surface area contributed by atoms with Gasteiger partial charge in [-0.25, -0.2) is 0 Å². The summed E-state index contributed by atoms with van der Waals surface area (Å²) in [5.41, 5.74) is 0. The number of hydrogen-bond acceptors (Lipinski definition) is 2. The van der Waals surface area contributed by atoms with Crippen molar-refractivity contribution in [2.75, 3.05) is 6.61 Å². The van der Waals surface area contributed by atoms with Crippen molar-refractivity contribution in [2.24, 2.45) is 5.92 Å². The van der Waals surface area contributed by atoms with E-state index in [9.17, 15) is 4.79 Å². The van der Waals surface area contributed by atoms with Crippen LogP contribution in [0.1, 0.15) is 220 Å². The fraction of sp³-hybridized carbons (Fsp3) is 0.878. The smallest absolute Gasteiger partial charge is 0.305 e. The summed E-state index contributed by atoms with van der Waals surface area (Å²) < 4.78 is 5.83. The van der Waals surface area contributed by atoms with Crippen LogP contribution in [0.25, 0.3) is 0 Å². The van der Waals surface area contributed by atoms with Gasteiger partial charge in [-0.15, -0.1) is 0 Å². The second-order valence-corrected chi connectivity index (χ2v) is 13.4. The molecule has 0 bridgehead atoms. The maximum atomic E-state index is 12.5. The number of carbonyl (C=O) groups is 1. The predicted octanol–water partition coefficient (Wildman–Crippen LogP) is 14.4. The Bertz CT molecular complexity index is 593. The maximum absolute atomic E-state index is 12.5. The van der Waals surface area contributed by atoms with E-state index in [1.54, 1.807) is 0 Å². The van der Waals surface area contributed by atoms with Gasteiger partial charge >= 0.3 is 5.97 Å². The standard InChI is InChI=1S/C41H78O2/c1-4-7-10-13-16-19-20-21-22-23-24-26-29-32-35-38-41(42)43-39-40(36-33-30-27-18-15-12-9-6-3)37-34-31-28-25-17-14-11-8-5-2/h16,19,21-22,40H,4-15,17-18,20,23-39H2,1-3H3/b19-16-,22-21-. The third-order valence-electron chi connectivity index (χ3n) is 8.99. The Balaban J connectivity index is 3.98. The van der Waals surface area contributed by atoms with E-state index in [1.807, 2.05) is 0 Å².